The Labute approximate surface area is 197 Å². The highest BCUT2D eigenvalue weighted by atomic mass is 19.1. The monoisotopic (exact) mass is 457 g/mol. The van der Waals surface area contributed by atoms with Crippen molar-refractivity contribution in [3.8, 4) is 0 Å². The Morgan fingerprint density at radius 2 is 2.15 bits per heavy atom. The summed E-state index contributed by atoms with van der Waals surface area (Å²) in [6.45, 7) is 8.01. The number of aryl methyl sites for hydroxylation is 1. The summed E-state index contributed by atoms with van der Waals surface area (Å²) >= 11 is 0. The zero-order valence-electron chi connectivity index (χ0n) is 19.3. The van der Waals surface area contributed by atoms with E-state index in [1.807, 2.05) is 11.6 Å². The fourth-order valence-corrected chi connectivity index (χ4v) is 4.71. The molecule has 4 N–H and O–H groups in total. The molecule has 0 spiro atoms. The fraction of sp³-hybridized carbons (Fsp3) is 0.269. The van der Waals surface area contributed by atoms with Crippen LogP contribution >= 0.6 is 0 Å². The summed E-state index contributed by atoms with van der Waals surface area (Å²) < 4.78 is 15.5. The average Bonchev–Trinajstić information content (AvgIpc) is 3.40. The SMILES string of the molecule is C=C(C)c1cnn(C(C)N[C@@H]2CCc3[nH]c4ccccc4c3C2)c1N=C(N)c1cncc(F)c1. The molecule has 0 amide bonds. The second kappa shape index (κ2) is 8.87. The second-order valence-corrected chi connectivity index (χ2v) is 8.91. The molecule has 3 heterocycles. The van der Waals surface area contributed by atoms with Crippen LogP contribution in [0.5, 0.6) is 0 Å². The summed E-state index contributed by atoms with van der Waals surface area (Å²) in [6, 6.07) is 10.1. The minimum Gasteiger partial charge on any atom is -0.383 e. The van der Waals surface area contributed by atoms with Crippen molar-refractivity contribution >= 4 is 28.1 Å². The summed E-state index contributed by atoms with van der Waals surface area (Å²) in [5.74, 6) is 0.288. The van der Waals surface area contributed by atoms with Gasteiger partial charge in [0.15, 0.2) is 5.82 Å². The molecule has 5 rings (SSSR count). The Hall–Kier alpha value is -3.78. The average molecular weight is 458 g/mol. The largest absolute Gasteiger partial charge is 0.383 e. The molecule has 1 unspecified atom stereocenters. The van der Waals surface area contributed by atoms with E-state index in [1.54, 1.807) is 6.20 Å². The lowest BCUT2D eigenvalue weighted by molar-refractivity contribution is 0.329. The first-order valence-corrected chi connectivity index (χ1v) is 11.4. The van der Waals surface area contributed by atoms with Crippen molar-refractivity contribution in [2.75, 3.05) is 0 Å². The van der Waals surface area contributed by atoms with Crippen LogP contribution in [0.15, 0.2) is 60.5 Å². The minimum atomic E-state index is -0.465. The van der Waals surface area contributed by atoms with Crippen molar-refractivity contribution in [1.29, 1.82) is 0 Å². The number of fused-ring (bicyclic) bond motifs is 3. The molecule has 0 saturated heterocycles. The molecule has 1 aliphatic carbocycles. The van der Waals surface area contributed by atoms with Crippen LogP contribution in [0.4, 0.5) is 10.2 Å². The van der Waals surface area contributed by atoms with Crippen LogP contribution in [-0.4, -0.2) is 31.6 Å². The number of pyridine rings is 1. The van der Waals surface area contributed by atoms with Crippen LogP contribution in [0.3, 0.4) is 0 Å². The van der Waals surface area contributed by atoms with Gasteiger partial charge in [0.1, 0.15) is 17.8 Å². The van der Waals surface area contributed by atoms with Gasteiger partial charge in [-0.15, -0.1) is 0 Å². The van der Waals surface area contributed by atoms with E-state index in [1.165, 1.54) is 34.4 Å². The molecule has 0 radical (unpaired) electrons. The normalized spacial score (nSPS) is 17.0. The maximum absolute atomic E-state index is 13.6. The molecule has 3 aromatic heterocycles. The fourth-order valence-electron chi connectivity index (χ4n) is 4.71. The highest BCUT2D eigenvalue weighted by molar-refractivity contribution is 5.99. The number of amidine groups is 1. The number of benzene rings is 1. The topological polar surface area (TPSA) is 96.9 Å². The van der Waals surface area contributed by atoms with E-state index in [0.717, 1.165) is 36.6 Å². The summed E-state index contributed by atoms with van der Waals surface area (Å²) in [6.07, 6.45) is 7.19. The summed E-state index contributed by atoms with van der Waals surface area (Å²) in [5.41, 5.74) is 12.2. The van der Waals surface area contributed by atoms with Crippen molar-refractivity contribution in [2.24, 2.45) is 10.7 Å². The quantitative estimate of drug-likeness (QED) is 0.290. The molecule has 0 bridgehead atoms. The lowest BCUT2D eigenvalue weighted by Crippen LogP contribution is -2.38. The zero-order chi connectivity index (χ0) is 23.8. The molecular weight excluding hydrogens is 429 g/mol. The number of allylic oxidation sites excluding steroid dienone is 1. The van der Waals surface area contributed by atoms with Crippen LogP contribution in [0.25, 0.3) is 16.5 Å². The van der Waals surface area contributed by atoms with Gasteiger partial charge in [-0.3, -0.25) is 10.3 Å². The lowest BCUT2D eigenvalue weighted by Gasteiger charge is -2.27. The Balaban J connectivity index is 1.42. The molecule has 34 heavy (non-hydrogen) atoms. The van der Waals surface area contributed by atoms with Crippen molar-refractivity contribution in [3.63, 3.8) is 0 Å². The molecule has 0 saturated carbocycles. The molecule has 174 valence electrons. The maximum atomic E-state index is 13.6. The number of aromatic amines is 1. The van der Waals surface area contributed by atoms with E-state index >= 15 is 0 Å². The second-order valence-electron chi connectivity index (χ2n) is 8.91. The number of hydrogen-bond donors (Lipinski definition) is 3. The Morgan fingerprint density at radius 1 is 1.32 bits per heavy atom. The Bertz CT molecular complexity index is 1400. The number of halogens is 1. The van der Waals surface area contributed by atoms with Crippen LogP contribution in [0.2, 0.25) is 0 Å². The predicted molar refractivity (Wildman–Crippen MR) is 133 cm³/mol. The number of nitrogens with two attached hydrogens (primary N) is 1. The standard InChI is InChI=1S/C26H28FN7/c1-15(2)22-14-30-34(26(22)33-25(28)17-10-18(27)13-29-12-17)16(3)31-19-8-9-24-21(11-19)20-6-4-5-7-23(20)32-24/h4-7,10,12-14,16,19,31-32H,1,8-9,11H2,2-3H3,(H2,28,33)/t16?,19-/m1/s1. The molecule has 8 heteroatoms. The van der Waals surface area contributed by atoms with E-state index in [9.17, 15) is 4.39 Å². The first-order valence-electron chi connectivity index (χ1n) is 11.4. The van der Waals surface area contributed by atoms with Crippen molar-refractivity contribution in [1.82, 2.24) is 25.1 Å². The number of nitrogens with zero attached hydrogens (tertiary/aromatic N) is 4. The van der Waals surface area contributed by atoms with Gasteiger partial charge < -0.3 is 10.7 Å². The summed E-state index contributed by atoms with van der Waals surface area (Å²) in [5, 5.41) is 9.60. The third-order valence-corrected chi connectivity index (χ3v) is 6.40. The number of aromatic nitrogens is 4. The van der Waals surface area contributed by atoms with Crippen molar-refractivity contribution in [2.45, 2.75) is 45.3 Å². The number of H-pyrrole nitrogens is 1. The number of rotatable bonds is 6. The molecule has 0 fully saturated rings. The van der Waals surface area contributed by atoms with Crippen LogP contribution in [-0.2, 0) is 12.8 Å². The molecular formula is C26H28FN7. The van der Waals surface area contributed by atoms with Gasteiger partial charge in [-0.1, -0.05) is 24.8 Å². The third kappa shape index (κ3) is 4.12. The summed E-state index contributed by atoms with van der Waals surface area (Å²) in [7, 11) is 0. The third-order valence-electron chi connectivity index (χ3n) is 6.40. The smallest absolute Gasteiger partial charge is 0.161 e. The highest BCUT2D eigenvalue weighted by Gasteiger charge is 2.25. The lowest BCUT2D eigenvalue weighted by atomic mass is 9.91. The molecule has 2 atom stereocenters. The highest BCUT2D eigenvalue weighted by Crippen LogP contribution is 2.31. The van der Waals surface area contributed by atoms with Gasteiger partial charge in [0, 0.05) is 40.0 Å². The van der Waals surface area contributed by atoms with Gasteiger partial charge in [-0.05, 0) is 56.4 Å². The number of aliphatic imine (C=N–C) groups is 1. The first kappa shape index (κ1) is 22.0. The van der Waals surface area contributed by atoms with E-state index in [-0.39, 0.29) is 12.0 Å². The van der Waals surface area contributed by atoms with Crippen molar-refractivity contribution in [3.05, 3.63) is 83.7 Å². The van der Waals surface area contributed by atoms with E-state index in [4.69, 9.17) is 5.73 Å². The zero-order valence-corrected chi connectivity index (χ0v) is 19.3. The minimum absolute atomic E-state index is 0.137. The van der Waals surface area contributed by atoms with Gasteiger partial charge in [0.25, 0.3) is 0 Å². The number of para-hydroxylation sites is 1. The molecule has 1 aliphatic rings. The number of nitrogens with one attached hydrogen (secondary N) is 2. The number of hydrogen-bond acceptors (Lipinski definition) is 4. The Morgan fingerprint density at radius 3 is 2.94 bits per heavy atom. The van der Waals surface area contributed by atoms with E-state index < -0.39 is 5.82 Å². The summed E-state index contributed by atoms with van der Waals surface area (Å²) in [4.78, 5) is 12.1. The van der Waals surface area contributed by atoms with Gasteiger partial charge in [0.2, 0.25) is 0 Å². The van der Waals surface area contributed by atoms with Crippen molar-refractivity contribution < 1.29 is 4.39 Å². The van der Waals surface area contributed by atoms with Gasteiger partial charge >= 0.3 is 0 Å². The van der Waals surface area contributed by atoms with Crippen LogP contribution in [0.1, 0.15) is 48.8 Å². The Kier molecular flexibility index (Phi) is 5.75. The van der Waals surface area contributed by atoms with E-state index in [2.05, 4.69) is 63.1 Å². The molecule has 4 aromatic rings. The first-order chi connectivity index (χ1) is 16.4. The van der Waals surface area contributed by atoms with Crippen LogP contribution < -0.4 is 11.1 Å². The van der Waals surface area contributed by atoms with Crippen LogP contribution in [0, 0.1) is 5.82 Å². The molecule has 0 aliphatic heterocycles. The predicted octanol–water partition coefficient (Wildman–Crippen LogP) is 4.63. The maximum Gasteiger partial charge on any atom is 0.161 e. The molecule has 7 nitrogen and oxygen atoms in total. The van der Waals surface area contributed by atoms with Gasteiger partial charge in [0.05, 0.1) is 12.4 Å². The van der Waals surface area contributed by atoms with E-state index in [0.29, 0.717) is 17.4 Å². The van der Waals surface area contributed by atoms with Gasteiger partial charge in [-0.25, -0.2) is 14.1 Å². The van der Waals surface area contributed by atoms with Gasteiger partial charge in [-0.2, -0.15) is 5.10 Å². The molecule has 1 aromatic carbocycles.